The van der Waals surface area contributed by atoms with E-state index in [-0.39, 0.29) is 23.8 Å². The number of esters is 1. The number of ether oxygens (including phenoxy) is 6. The number of carbonyl (C=O) groups excluding carboxylic acids is 3. The number of halogens is 1. The van der Waals surface area contributed by atoms with Crippen LogP contribution < -0.4 is 0 Å². The summed E-state index contributed by atoms with van der Waals surface area (Å²) in [5.74, 6) is -3.56. The second kappa shape index (κ2) is 14.2. The Bertz CT molecular complexity index is 1340. The molecule has 4 aliphatic rings. The number of carbonyl (C=O) groups is 3. The Balaban J connectivity index is 1.45. The monoisotopic (exact) mass is 693 g/mol. The highest BCUT2D eigenvalue weighted by Gasteiger charge is 2.61. The Morgan fingerprint density at radius 2 is 1.71 bits per heavy atom. The minimum Gasteiger partial charge on any atom is -0.457 e. The lowest BCUT2D eigenvalue weighted by Gasteiger charge is -2.46. The van der Waals surface area contributed by atoms with Crippen molar-refractivity contribution in [2.75, 3.05) is 7.05 Å². The smallest absolute Gasteiger partial charge is 0.457 e. The fourth-order valence-electron chi connectivity index (χ4n) is 8.59. The molecule has 2 bridgehead atoms. The van der Waals surface area contributed by atoms with Gasteiger partial charge in [0.2, 0.25) is 0 Å². The number of likely N-dealkylation sites (N-methyl/N-ethyl adjacent to an activating group) is 1. The molecule has 0 amide bonds. The number of hydrogen-bond donors (Lipinski definition) is 1. The summed E-state index contributed by atoms with van der Waals surface area (Å²) in [6.45, 7) is 15.2. The van der Waals surface area contributed by atoms with Gasteiger partial charge in [-0.2, -0.15) is 0 Å². The van der Waals surface area contributed by atoms with E-state index in [0.717, 1.165) is 5.56 Å². The van der Waals surface area contributed by atoms with Crippen molar-refractivity contribution in [3.05, 3.63) is 34.9 Å². The Morgan fingerprint density at radius 1 is 1.04 bits per heavy atom. The van der Waals surface area contributed by atoms with Gasteiger partial charge in [0.1, 0.15) is 24.2 Å². The van der Waals surface area contributed by atoms with E-state index >= 15 is 0 Å². The van der Waals surface area contributed by atoms with Crippen molar-refractivity contribution in [3.8, 4) is 0 Å². The lowest BCUT2D eigenvalue weighted by Crippen LogP contribution is -2.58. The normalized spacial score (nSPS) is 43.8. The van der Waals surface area contributed by atoms with Crippen LogP contribution >= 0.6 is 11.6 Å². The third-order valence-electron chi connectivity index (χ3n) is 11.1. The summed E-state index contributed by atoms with van der Waals surface area (Å²) in [5.41, 5.74) is -1.23. The minimum atomic E-state index is -1.29. The molecule has 4 heterocycles. The summed E-state index contributed by atoms with van der Waals surface area (Å²) in [6, 6.07) is 7.29. The van der Waals surface area contributed by atoms with Crippen LogP contribution in [0.25, 0.3) is 0 Å². The lowest BCUT2D eigenvalue weighted by atomic mass is 9.76. The maximum absolute atomic E-state index is 14.1. The summed E-state index contributed by atoms with van der Waals surface area (Å²) in [4.78, 5) is 42.2. The van der Waals surface area contributed by atoms with E-state index in [4.69, 9.17) is 40.0 Å². The van der Waals surface area contributed by atoms with Crippen LogP contribution in [0.1, 0.15) is 80.2 Å². The molecule has 0 radical (unpaired) electrons. The SMILES string of the molecule is CC[C@H]1OC(=O)O[C@@]1(C)[C@@H]1OC(=O)[C@H](C)C(=O)[C@H](C)[C@@H](O[C@@H]2OC(C)CC(N(C)Cc3ccc(Cl)cc3)C2O)C2(C)CC(C)C(O2)[C@@H]1C. The zero-order valence-electron chi connectivity index (χ0n) is 29.5. The van der Waals surface area contributed by atoms with Gasteiger partial charge in [-0.25, -0.2) is 4.79 Å². The van der Waals surface area contributed by atoms with Gasteiger partial charge in [0.05, 0.1) is 23.9 Å². The number of Topliss-reactive ketones (excluding diaryl/α,β-unsaturated/α-hetero) is 1. The fourth-order valence-corrected chi connectivity index (χ4v) is 8.71. The first kappa shape index (κ1) is 37.0. The highest BCUT2D eigenvalue weighted by Crippen LogP contribution is 2.48. The maximum Gasteiger partial charge on any atom is 0.509 e. The molecule has 14 atom stereocenters. The largest absolute Gasteiger partial charge is 0.509 e. The molecular formula is C36H52ClNO10. The lowest BCUT2D eigenvalue weighted by molar-refractivity contribution is -0.296. The highest BCUT2D eigenvalue weighted by atomic mass is 35.5. The van der Waals surface area contributed by atoms with Gasteiger partial charge in [-0.15, -0.1) is 0 Å². The standard InChI is InChI=1S/C36H52ClNO10/c1-10-26-36(8,48-34(42)44-26)31-22(6)29-18(2)16-35(7,47-29)30(20(4)27(39)21(5)32(41)45-31)46-33-28(40)25(15-19(3)43-33)38(9)17-23-11-13-24(37)14-12-23/h11-14,18-22,25-26,28-31,33,40H,10,15-17H2,1-9H3/t18?,19?,20-,21+,22-,25?,26+,28?,29?,30+,31+,33-,35?,36+/m0/s1. The van der Waals surface area contributed by atoms with Crippen molar-refractivity contribution in [1.29, 1.82) is 0 Å². The number of cyclic esters (lactones) is 3. The molecule has 48 heavy (non-hydrogen) atoms. The number of ketones is 1. The summed E-state index contributed by atoms with van der Waals surface area (Å²) < 4.78 is 37.1. The molecule has 12 heteroatoms. The molecule has 0 aromatic heterocycles. The van der Waals surface area contributed by atoms with E-state index in [1.165, 1.54) is 6.92 Å². The molecule has 1 aromatic carbocycles. The van der Waals surface area contributed by atoms with Gasteiger partial charge in [0, 0.05) is 29.4 Å². The molecule has 268 valence electrons. The van der Waals surface area contributed by atoms with Crippen LogP contribution in [0.2, 0.25) is 5.02 Å². The molecule has 0 aliphatic carbocycles. The molecule has 11 nitrogen and oxygen atoms in total. The van der Waals surface area contributed by atoms with Crippen LogP contribution in [0.15, 0.2) is 24.3 Å². The molecular weight excluding hydrogens is 642 g/mol. The van der Waals surface area contributed by atoms with Gasteiger partial charge in [-0.05, 0) is 77.6 Å². The third kappa shape index (κ3) is 7.01. The molecule has 4 saturated heterocycles. The highest BCUT2D eigenvalue weighted by molar-refractivity contribution is 6.30. The molecule has 0 spiro atoms. The molecule has 6 unspecified atom stereocenters. The Kier molecular flexibility index (Phi) is 10.9. The van der Waals surface area contributed by atoms with E-state index in [1.807, 2.05) is 59.0 Å². The minimum absolute atomic E-state index is 0.0486. The molecule has 5 rings (SSSR count). The van der Waals surface area contributed by atoms with Crippen LogP contribution in [0, 0.1) is 23.7 Å². The van der Waals surface area contributed by atoms with E-state index < -0.39 is 77.9 Å². The van der Waals surface area contributed by atoms with Crippen LogP contribution in [-0.4, -0.2) is 95.1 Å². The van der Waals surface area contributed by atoms with E-state index in [1.54, 1.807) is 13.8 Å². The number of benzene rings is 1. The van der Waals surface area contributed by atoms with Gasteiger partial charge >= 0.3 is 12.1 Å². The molecule has 4 fully saturated rings. The Labute approximate surface area is 288 Å². The average Bonchev–Trinajstić information content (AvgIpc) is 3.52. The van der Waals surface area contributed by atoms with Crippen molar-refractivity contribution >= 4 is 29.5 Å². The number of aliphatic hydroxyl groups excluding tert-OH is 1. The maximum atomic E-state index is 14.1. The molecule has 4 aliphatic heterocycles. The van der Waals surface area contributed by atoms with E-state index in [9.17, 15) is 19.5 Å². The van der Waals surface area contributed by atoms with Gasteiger partial charge in [-0.1, -0.05) is 51.4 Å². The molecule has 1 N–H and O–H groups in total. The summed E-state index contributed by atoms with van der Waals surface area (Å²) in [7, 11) is 1.95. The zero-order valence-corrected chi connectivity index (χ0v) is 30.3. The van der Waals surface area contributed by atoms with Crippen molar-refractivity contribution in [2.24, 2.45) is 23.7 Å². The zero-order chi connectivity index (χ0) is 35.3. The number of rotatable bonds is 7. The van der Waals surface area contributed by atoms with Gasteiger partial charge in [-0.3, -0.25) is 14.5 Å². The van der Waals surface area contributed by atoms with Crippen molar-refractivity contribution < 1.29 is 47.9 Å². The van der Waals surface area contributed by atoms with Crippen molar-refractivity contribution in [1.82, 2.24) is 4.90 Å². The first-order valence-electron chi connectivity index (χ1n) is 17.2. The molecule has 1 aromatic rings. The topological polar surface area (TPSA) is 130 Å². The second-order valence-corrected chi connectivity index (χ2v) is 15.4. The van der Waals surface area contributed by atoms with Crippen LogP contribution in [0.4, 0.5) is 4.79 Å². The first-order valence-corrected chi connectivity index (χ1v) is 17.6. The van der Waals surface area contributed by atoms with Crippen molar-refractivity contribution in [2.45, 2.75) is 141 Å². The molecule has 0 saturated carbocycles. The summed E-state index contributed by atoms with van der Waals surface area (Å²) >= 11 is 6.09. The van der Waals surface area contributed by atoms with E-state index in [0.29, 0.717) is 30.8 Å². The number of aliphatic hydroxyl groups is 1. The second-order valence-electron chi connectivity index (χ2n) is 15.0. The number of hydrogen-bond acceptors (Lipinski definition) is 11. The van der Waals surface area contributed by atoms with Crippen LogP contribution in [0.5, 0.6) is 0 Å². The van der Waals surface area contributed by atoms with Crippen LogP contribution in [-0.2, 0) is 44.6 Å². The quantitative estimate of drug-likeness (QED) is 0.295. The van der Waals surface area contributed by atoms with Crippen LogP contribution in [0.3, 0.4) is 0 Å². The van der Waals surface area contributed by atoms with Crippen molar-refractivity contribution in [3.63, 3.8) is 0 Å². The first-order chi connectivity index (χ1) is 22.5. The summed E-state index contributed by atoms with van der Waals surface area (Å²) in [5, 5.41) is 12.4. The predicted octanol–water partition coefficient (Wildman–Crippen LogP) is 5.31. The van der Waals surface area contributed by atoms with Gasteiger partial charge < -0.3 is 33.5 Å². The Morgan fingerprint density at radius 3 is 2.35 bits per heavy atom. The Hall–Kier alpha value is -2.28. The van der Waals surface area contributed by atoms with E-state index in [2.05, 4.69) is 11.8 Å². The number of nitrogens with zero attached hydrogens (tertiary/aromatic N) is 1. The average molecular weight is 694 g/mol. The van der Waals surface area contributed by atoms with Gasteiger partial charge in [0.15, 0.2) is 17.7 Å². The summed E-state index contributed by atoms with van der Waals surface area (Å²) in [6.07, 6.45) is -4.52. The predicted molar refractivity (Wildman–Crippen MR) is 176 cm³/mol. The fraction of sp³-hybridized carbons (Fsp3) is 0.750. The van der Waals surface area contributed by atoms with Gasteiger partial charge in [0.25, 0.3) is 0 Å². The number of fused-ring (bicyclic) bond motifs is 2. The third-order valence-corrected chi connectivity index (χ3v) is 11.4.